The van der Waals surface area contributed by atoms with Crippen molar-refractivity contribution in [3.05, 3.63) is 51.5 Å². The third-order valence-electron chi connectivity index (χ3n) is 2.59. The molecule has 1 aromatic heterocycles. The Kier molecular flexibility index (Phi) is 3.49. The molecule has 0 aliphatic rings. The molecule has 1 heterocycles. The van der Waals surface area contributed by atoms with Gasteiger partial charge in [-0.05, 0) is 18.6 Å². The van der Waals surface area contributed by atoms with Crippen molar-refractivity contribution in [2.75, 3.05) is 0 Å². The van der Waals surface area contributed by atoms with Crippen LogP contribution in [0.2, 0.25) is 0 Å². The second-order valence-corrected chi connectivity index (χ2v) is 4.84. The fourth-order valence-electron chi connectivity index (χ4n) is 1.68. The lowest BCUT2D eigenvalue weighted by Crippen LogP contribution is -2.17. The number of hydrogen-bond donors (Lipinski definition) is 1. The number of thiazole rings is 1. The summed E-state index contributed by atoms with van der Waals surface area (Å²) in [7, 11) is 0. The Bertz CT molecular complexity index is 511. The van der Waals surface area contributed by atoms with Crippen LogP contribution < -0.4 is 5.73 Å². The fraction of sp³-hybridized carbons (Fsp3) is 0.250. The predicted octanol–water partition coefficient (Wildman–Crippen LogP) is 2.97. The van der Waals surface area contributed by atoms with Gasteiger partial charge in [0.15, 0.2) is 0 Å². The Hall–Kier alpha value is -1.33. The zero-order chi connectivity index (χ0) is 12.4. The van der Waals surface area contributed by atoms with E-state index in [0.29, 0.717) is 12.0 Å². The van der Waals surface area contributed by atoms with Gasteiger partial charge in [-0.2, -0.15) is 0 Å². The number of hydrogen-bond acceptors (Lipinski definition) is 3. The summed E-state index contributed by atoms with van der Waals surface area (Å²) in [6.45, 7) is 1.59. The number of benzene rings is 1. The smallest absolute Gasteiger partial charge is 0.133 e. The highest BCUT2D eigenvalue weighted by Gasteiger charge is 2.19. The molecule has 1 aromatic carbocycles. The lowest BCUT2D eigenvalue weighted by molar-refractivity contribution is 0.521. The SMILES string of the molecule is Cc1ccc(F)c(C(N)Cc2cncs2)c1F. The molecular weight excluding hydrogens is 242 g/mol. The Labute approximate surface area is 102 Å². The van der Waals surface area contributed by atoms with Gasteiger partial charge in [-0.1, -0.05) is 6.07 Å². The molecule has 5 heteroatoms. The zero-order valence-electron chi connectivity index (χ0n) is 9.28. The van der Waals surface area contributed by atoms with Crippen LogP contribution in [0, 0.1) is 18.6 Å². The number of rotatable bonds is 3. The zero-order valence-corrected chi connectivity index (χ0v) is 10.1. The molecule has 0 saturated carbocycles. The van der Waals surface area contributed by atoms with Gasteiger partial charge in [-0.25, -0.2) is 8.78 Å². The van der Waals surface area contributed by atoms with E-state index in [2.05, 4.69) is 4.98 Å². The summed E-state index contributed by atoms with van der Waals surface area (Å²) in [5, 5.41) is 0. The summed E-state index contributed by atoms with van der Waals surface area (Å²) in [5.74, 6) is -1.15. The molecule has 90 valence electrons. The molecular formula is C12H12F2N2S. The highest BCUT2D eigenvalue weighted by atomic mass is 32.1. The molecule has 1 atom stereocenters. The van der Waals surface area contributed by atoms with Crippen LogP contribution in [0.5, 0.6) is 0 Å². The molecule has 0 aliphatic carbocycles. The van der Waals surface area contributed by atoms with Crippen molar-refractivity contribution < 1.29 is 8.78 Å². The van der Waals surface area contributed by atoms with Gasteiger partial charge in [-0.3, -0.25) is 4.98 Å². The van der Waals surface area contributed by atoms with Crippen molar-refractivity contribution in [1.82, 2.24) is 4.98 Å². The Morgan fingerprint density at radius 1 is 1.41 bits per heavy atom. The average molecular weight is 254 g/mol. The number of nitrogens with zero attached hydrogens (tertiary/aromatic N) is 1. The highest BCUT2D eigenvalue weighted by Crippen LogP contribution is 2.25. The van der Waals surface area contributed by atoms with Crippen LogP contribution in [0.4, 0.5) is 8.78 Å². The summed E-state index contributed by atoms with van der Waals surface area (Å²) >= 11 is 1.43. The molecule has 2 N–H and O–H groups in total. The summed E-state index contributed by atoms with van der Waals surface area (Å²) in [6.07, 6.45) is 2.05. The lowest BCUT2D eigenvalue weighted by Gasteiger charge is -2.14. The van der Waals surface area contributed by atoms with Gasteiger partial charge in [0.05, 0.1) is 5.51 Å². The van der Waals surface area contributed by atoms with Crippen LogP contribution in [0.25, 0.3) is 0 Å². The molecule has 0 saturated heterocycles. The van der Waals surface area contributed by atoms with Crippen molar-refractivity contribution >= 4 is 11.3 Å². The Morgan fingerprint density at radius 3 is 2.82 bits per heavy atom. The van der Waals surface area contributed by atoms with Gasteiger partial charge in [0, 0.05) is 29.1 Å². The molecule has 0 bridgehead atoms. The number of halogens is 2. The van der Waals surface area contributed by atoms with Gasteiger partial charge >= 0.3 is 0 Å². The quantitative estimate of drug-likeness (QED) is 0.914. The van der Waals surface area contributed by atoms with E-state index >= 15 is 0 Å². The van der Waals surface area contributed by atoms with E-state index in [4.69, 9.17) is 5.73 Å². The Morgan fingerprint density at radius 2 is 2.18 bits per heavy atom. The van der Waals surface area contributed by atoms with E-state index in [1.165, 1.54) is 23.5 Å². The molecule has 2 rings (SSSR count). The molecule has 0 amide bonds. The second kappa shape index (κ2) is 4.89. The highest BCUT2D eigenvalue weighted by molar-refractivity contribution is 7.09. The van der Waals surface area contributed by atoms with Crippen LogP contribution in [0.1, 0.15) is 22.0 Å². The van der Waals surface area contributed by atoms with E-state index in [9.17, 15) is 8.78 Å². The number of aromatic nitrogens is 1. The molecule has 2 nitrogen and oxygen atoms in total. The normalized spacial score (nSPS) is 12.7. The third-order valence-corrected chi connectivity index (χ3v) is 3.40. The standard InChI is InChI=1S/C12H12F2N2S/c1-7-2-3-9(13)11(12(7)14)10(15)4-8-5-16-6-17-8/h2-3,5-6,10H,4,15H2,1H3. The van der Waals surface area contributed by atoms with Gasteiger partial charge in [0.25, 0.3) is 0 Å². The summed E-state index contributed by atoms with van der Waals surface area (Å²) < 4.78 is 27.4. The van der Waals surface area contributed by atoms with Gasteiger partial charge < -0.3 is 5.73 Å². The minimum Gasteiger partial charge on any atom is -0.323 e. The van der Waals surface area contributed by atoms with E-state index in [0.717, 1.165) is 4.88 Å². The second-order valence-electron chi connectivity index (χ2n) is 3.87. The van der Waals surface area contributed by atoms with E-state index in [1.807, 2.05) is 0 Å². The minimum atomic E-state index is -0.685. The van der Waals surface area contributed by atoms with E-state index < -0.39 is 17.7 Å². The maximum atomic E-state index is 13.8. The maximum Gasteiger partial charge on any atom is 0.133 e. The first-order valence-electron chi connectivity index (χ1n) is 5.17. The van der Waals surface area contributed by atoms with Crippen molar-refractivity contribution in [3.8, 4) is 0 Å². The van der Waals surface area contributed by atoms with E-state index in [1.54, 1.807) is 18.6 Å². The molecule has 17 heavy (non-hydrogen) atoms. The summed E-state index contributed by atoms with van der Waals surface area (Å²) in [6, 6.07) is 1.98. The van der Waals surface area contributed by atoms with Crippen molar-refractivity contribution in [2.24, 2.45) is 5.73 Å². The third kappa shape index (κ3) is 2.50. The van der Waals surface area contributed by atoms with Crippen molar-refractivity contribution in [2.45, 2.75) is 19.4 Å². The molecule has 0 radical (unpaired) electrons. The van der Waals surface area contributed by atoms with Gasteiger partial charge in [0.2, 0.25) is 0 Å². The molecule has 0 fully saturated rings. The minimum absolute atomic E-state index is 0.0431. The van der Waals surface area contributed by atoms with Crippen LogP contribution in [-0.4, -0.2) is 4.98 Å². The molecule has 0 spiro atoms. The van der Waals surface area contributed by atoms with Crippen molar-refractivity contribution in [1.29, 1.82) is 0 Å². The molecule has 2 aromatic rings. The fourth-order valence-corrected chi connectivity index (χ4v) is 2.33. The monoisotopic (exact) mass is 254 g/mol. The molecule has 0 aliphatic heterocycles. The maximum absolute atomic E-state index is 13.8. The largest absolute Gasteiger partial charge is 0.323 e. The summed E-state index contributed by atoms with van der Waals surface area (Å²) in [4.78, 5) is 4.82. The first-order valence-corrected chi connectivity index (χ1v) is 6.05. The Balaban J connectivity index is 2.30. The topological polar surface area (TPSA) is 38.9 Å². The average Bonchev–Trinajstić information content (AvgIpc) is 2.77. The van der Waals surface area contributed by atoms with Crippen LogP contribution in [0.3, 0.4) is 0 Å². The van der Waals surface area contributed by atoms with E-state index in [-0.39, 0.29) is 5.56 Å². The van der Waals surface area contributed by atoms with Crippen LogP contribution in [-0.2, 0) is 6.42 Å². The molecule has 1 unspecified atom stereocenters. The van der Waals surface area contributed by atoms with Gasteiger partial charge in [-0.15, -0.1) is 11.3 Å². The predicted molar refractivity (Wildman–Crippen MR) is 63.8 cm³/mol. The first-order chi connectivity index (χ1) is 8.09. The first kappa shape index (κ1) is 12.1. The van der Waals surface area contributed by atoms with Gasteiger partial charge in [0.1, 0.15) is 11.6 Å². The number of aryl methyl sites for hydroxylation is 1. The van der Waals surface area contributed by atoms with Crippen LogP contribution >= 0.6 is 11.3 Å². The number of nitrogens with two attached hydrogens (primary N) is 1. The lowest BCUT2D eigenvalue weighted by atomic mass is 10.0. The van der Waals surface area contributed by atoms with Crippen molar-refractivity contribution in [3.63, 3.8) is 0 Å². The van der Waals surface area contributed by atoms with Crippen LogP contribution in [0.15, 0.2) is 23.8 Å². The summed E-state index contributed by atoms with van der Waals surface area (Å²) in [5.41, 5.74) is 7.89.